The van der Waals surface area contributed by atoms with Crippen LogP contribution in [0.3, 0.4) is 0 Å². The molecular weight excluding hydrogens is 320 g/mol. The normalized spacial score (nSPS) is 25.0. The summed E-state index contributed by atoms with van der Waals surface area (Å²) < 4.78 is 10.9. The first kappa shape index (κ1) is 22.6. The highest BCUT2D eigenvalue weighted by Gasteiger charge is 2.40. The Bertz CT molecular complexity index is 334. The number of hydrogen-bond donors (Lipinski definition) is 3. The van der Waals surface area contributed by atoms with Gasteiger partial charge in [-0.2, -0.15) is 0 Å². The van der Waals surface area contributed by atoms with E-state index in [-0.39, 0.29) is 13.2 Å². The van der Waals surface area contributed by atoms with Crippen LogP contribution in [0.5, 0.6) is 0 Å². The molecule has 0 saturated carbocycles. The van der Waals surface area contributed by atoms with Gasteiger partial charge in [0.2, 0.25) is 0 Å². The number of unbranched alkanes of at least 4 members (excludes halogenated alkanes) is 8. The fraction of sp³-hybridized carbons (Fsp3) is 0.900. The molecule has 0 aliphatic carbocycles. The van der Waals surface area contributed by atoms with Crippen molar-refractivity contribution in [2.75, 3.05) is 19.8 Å². The van der Waals surface area contributed by atoms with Crippen molar-refractivity contribution in [3.8, 4) is 0 Å². The second kappa shape index (κ2) is 14.7. The van der Waals surface area contributed by atoms with Gasteiger partial charge in [0.1, 0.15) is 24.4 Å². The third kappa shape index (κ3) is 9.71. The fourth-order valence-electron chi connectivity index (χ4n) is 3.08. The molecule has 5 heteroatoms. The molecule has 0 spiro atoms. The molecule has 1 fully saturated rings. The Kier molecular flexibility index (Phi) is 13.3. The lowest BCUT2D eigenvalue weighted by Crippen LogP contribution is -2.42. The zero-order valence-corrected chi connectivity index (χ0v) is 15.8. The smallest absolute Gasteiger partial charge is 0.114 e. The van der Waals surface area contributed by atoms with Crippen LogP contribution < -0.4 is 0 Å². The van der Waals surface area contributed by atoms with E-state index in [1.165, 1.54) is 44.9 Å². The van der Waals surface area contributed by atoms with E-state index in [9.17, 15) is 15.3 Å². The van der Waals surface area contributed by atoms with E-state index in [0.29, 0.717) is 6.61 Å². The van der Waals surface area contributed by atoms with E-state index in [4.69, 9.17) is 9.47 Å². The maximum absolute atomic E-state index is 9.79. The third-order valence-electron chi connectivity index (χ3n) is 4.72. The molecule has 3 N–H and O–H groups in total. The van der Waals surface area contributed by atoms with Crippen molar-refractivity contribution in [3.63, 3.8) is 0 Å². The van der Waals surface area contributed by atoms with E-state index in [1.54, 1.807) is 0 Å². The lowest BCUT2D eigenvalue weighted by molar-refractivity contribution is -0.101. The average molecular weight is 359 g/mol. The van der Waals surface area contributed by atoms with Crippen LogP contribution in [-0.2, 0) is 9.47 Å². The Balaban J connectivity index is 1.96. The fourth-order valence-corrected chi connectivity index (χ4v) is 3.08. The number of allylic oxidation sites excluding steroid dienone is 2. The van der Waals surface area contributed by atoms with Crippen LogP contribution >= 0.6 is 0 Å². The van der Waals surface area contributed by atoms with Gasteiger partial charge in [0.15, 0.2) is 0 Å². The summed E-state index contributed by atoms with van der Waals surface area (Å²) in [5, 5.41) is 28.6. The molecule has 0 unspecified atom stereocenters. The van der Waals surface area contributed by atoms with Crippen molar-refractivity contribution in [2.45, 2.75) is 95.5 Å². The Labute approximate surface area is 153 Å². The average Bonchev–Trinajstić information content (AvgIpc) is 2.95. The number of aliphatic hydroxyl groups excluding tert-OH is 3. The molecule has 1 aliphatic heterocycles. The summed E-state index contributed by atoms with van der Waals surface area (Å²) in [4.78, 5) is 0. The summed E-state index contributed by atoms with van der Waals surface area (Å²) in [6, 6.07) is 0. The van der Waals surface area contributed by atoms with Gasteiger partial charge in [-0.1, -0.05) is 51.2 Å². The molecule has 148 valence electrons. The molecule has 1 saturated heterocycles. The number of hydrogen-bond acceptors (Lipinski definition) is 5. The molecule has 1 heterocycles. The van der Waals surface area contributed by atoms with Crippen molar-refractivity contribution < 1.29 is 24.8 Å². The van der Waals surface area contributed by atoms with Crippen LogP contribution in [0.15, 0.2) is 12.2 Å². The minimum Gasteiger partial charge on any atom is -0.394 e. The third-order valence-corrected chi connectivity index (χ3v) is 4.72. The molecule has 0 amide bonds. The molecule has 0 bridgehead atoms. The summed E-state index contributed by atoms with van der Waals surface area (Å²) in [5.74, 6) is 0. The Morgan fingerprint density at radius 2 is 1.64 bits per heavy atom. The largest absolute Gasteiger partial charge is 0.394 e. The molecule has 0 radical (unpaired) electrons. The summed E-state index contributed by atoms with van der Waals surface area (Å²) in [7, 11) is 0. The number of rotatable bonds is 15. The quantitative estimate of drug-likeness (QED) is 0.310. The van der Waals surface area contributed by atoms with Crippen molar-refractivity contribution in [1.82, 2.24) is 0 Å². The van der Waals surface area contributed by atoms with E-state index in [1.807, 2.05) is 0 Å². The van der Waals surface area contributed by atoms with Crippen molar-refractivity contribution >= 4 is 0 Å². The van der Waals surface area contributed by atoms with E-state index in [2.05, 4.69) is 19.1 Å². The van der Waals surface area contributed by atoms with Crippen LogP contribution in [0.2, 0.25) is 0 Å². The standard InChI is InChI=1S/C20H38O5/c1-2-3-4-5-6-7-8-9-10-11-12-13-14-24-18(15-21)20-19(23)17(22)16-25-20/h9-10,17-23H,2-8,11-16H2,1H3/b10-9+/t17-,18+,19+,20+/m0/s1. The highest BCUT2D eigenvalue weighted by Crippen LogP contribution is 2.19. The Morgan fingerprint density at radius 3 is 2.24 bits per heavy atom. The molecular formula is C20H38O5. The van der Waals surface area contributed by atoms with Crippen molar-refractivity contribution in [3.05, 3.63) is 12.2 Å². The molecule has 0 aromatic heterocycles. The summed E-state index contributed by atoms with van der Waals surface area (Å²) in [5.41, 5.74) is 0. The first-order chi connectivity index (χ1) is 12.2. The molecule has 4 atom stereocenters. The zero-order valence-electron chi connectivity index (χ0n) is 15.8. The topological polar surface area (TPSA) is 79.2 Å². The van der Waals surface area contributed by atoms with Gasteiger partial charge in [-0.25, -0.2) is 0 Å². The highest BCUT2D eigenvalue weighted by atomic mass is 16.6. The highest BCUT2D eigenvalue weighted by molar-refractivity contribution is 4.88. The second-order valence-corrected chi connectivity index (χ2v) is 6.97. The summed E-state index contributed by atoms with van der Waals surface area (Å²) in [6.07, 6.45) is 13.6. The van der Waals surface area contributed by atoms with Crippen LogP contribution in [0, 0.1) is 0 Å². The van der Waals surface area contributed by atoms with Crippen LogP contribution in [-0.4, -0.2) is 59.6 Å². The molecule has 0 aromatic rings. The first-order valence-electron chi connectivity index (χ1n) is 10.1. The predicted octanol–water partition coefficient (Wildman–Crippen LogP) is 2.96. The summed E-state index contributed by atoms with van der Waals surface area (Å²) in [6.45, 7) is 2.65. The van der Waals surface area contributed by atoms with Crippen LogP contribution in [0.1, 0.15) is 71.1 Å². The van der Waals surface area contributed by atoms with Gasteiger partial charge in [0.05, 0.1) is 13.2 Å². The minimum absolute atomic E-state index is 0.0924. The second-order valence-electron chi connectivity index (χ2n) is 6.97. The molecule has 1 aliphatic rings. The lowest BCUT2D eigenvalue weighted by atomic mass is 10.1. The van der Waals surface area contributed by atoms with E-state index in [0.717, 1.165) is 19.3 Å². The van der Waals surface area contributed by atoms with Gasteiger partial charge in [-0.05, 0) is 32.1 Å². The zero-order chi connectivity index (χ0) is 18.3. The molecule has 0 aromatic carbocycles. The Hall–Kier alpha value is -0.460. The molecule has 5 nitrogen and oxygen atoms in total. The van der Waals surface area contributed by atoms with Gasteiger partial charge in [-0.3, -0.25) is 0 Å². The summed E-state index contributed by atoms with van der Waals surface area (Å²) >= 11 is 0. The maximum Gasteiger partial charge on any atom is 0.114 e. The van der Waals surface area contributed by atoms with Gasteiger partial charge < -0.3 is 24.8 Å². The predicted molar refractivity (Wildman–Crippen MR) is 99.6 cm³/mol. The first-order valence-corrected chi connectivity index (χ1v) is 10.1. The van der Waals surface area contributed by atoms with Crippen LogP contribution in [0.25, 0.3) is 0 Å². The van der Waals surface area contributed by atoms with Gasteiger partial charge in [-0.15, -0.1) is 0 Å². The Morgan fingerprint density at radius 1 is 1.00 bits per heavy atom. The van der Waals surface area contributed by atoms with Crippen molar-refractivity contribution in [1.29, 1.82) is 0 Å². The van der Waals surface area contributed by atoms with Crippen molar-refractivity contribution in [2.24, 2.45) is 0 Å². The van der Waals surface area contributed by atoms with Crippen LogP contribution in [0.4, 0.5) is 0 Å². The molecule has 1 rings (SSSR count). The van der Waals surface area contributed by atoms with Gasteiger partial charge in [0.25, 0.3) is 0 Å². The van der Waals surface area contributed by atoms with E-state index >= 15 is 0 Å². The number of aliphatic hydroxyl groups is 3. The van der Waals surface area contributed by atoms with E-state index < -0.39 is 24.4 Å². The SMILES string of the molecule is CCCCCCCC/C=C/CCCCO[C@H](CO)[C@H]1OC[C@H](O)[C@H]1O. The number of ether oxygens (including phenoxy) is 2. The minimum atomic E-state index is -0.984. The van der Waals surface area contributed by atoms with Gasteiger partial charge in [0, 0.05) is 6.61 Å². The lowest BCUT2D eigenvalue weighted by Gasteiger charge is -2.24. The monoisotopic (exact) mass is 358 g/mol. The molecule has 25 heavy (non-hydrogen) atoms. The van der Waals surface area contributed by atoms with Gasteiger partial charge >= 0.3 is 0 Å². The maximum atomic E-state index is 9.79.